The first kappa shape index (κ1) is 7.92. The SMILES string of the molecule is C=NCc1ccc(C)cc1F. The summed E-state index contributed by atoms with van der Waals surface area (Å²) >= 11 is 0. The molecule has 1 rings (SSSR count). The van der Waals surface area contributed by atoms with E-state index in [1.54, 1.807) is 6.07 Å². The van der Waals surface area contributed by atoms with E-state index >= 15 is 0 Å². The van der Waals surface area contributed by atoms with Crippen molar-refractivity contribution in [3.05, 3.63) is 35.1 Å². The van der Waals surface area contributed by atoms with Crippen LogP contribution in [0, 0.1) is 12.7 Å². The van der Waals surface area contributed by atoms with E-state index in [1.807, 2.05) is 13.0 Å². The van der Waals surface area contributed by atoms with E-state index in [1.165, 1.54) is 6.07 Å². The van der Waals surface area contributed by atoms with E-state index in [0.29, 0.717) is 12.1 Å². The van der Waals surface area contributed by atoms with Crippen LogP contribution in [0.2, 0.25) is 0 Å². The van der Waals surface area contributed by atoms with Gasteiger partial charge in [0.1, 0.15) is 5.82 Å². The number of nitrogens with zero attached hydrogens (tertiary/aromatic N) is 1. The number of hydrogen-bond donors (Lipinski definition) is 0. The third-order valence-electron chi connectivity index (χ3n) is 1.49. The summed E-state index contributed by atoms with van der Waals surface area (Å²) in [5.74, 6) is -0.197. The van der Waals surface area contributed by atoms with Crippen molar-refractivity contribution < 1.29 is 4.39 Å². The van der Waals surface area contributed by atoms with Crippen LogP contribution in [0.25, 0.3) is 0 Å². The van der Waals surface area contributed by atoms with Crippen molar-refractivity contribution in [2.24, 2.45) is 4.99 Å². The van der Waals surface area contributed by atoms with Crippen LogP contribution in [0.3, 0.4) is 0 Å². The van der Waals surface area contributed by atoms with Crippen molar-refractivity contribution in [2.45, 2.75) is 13.5 Å². The summed E-state index contributed by atoms with van der Waals surface area (Å²) in [5.41, 5.74) is 1.53. The second-order valence-electron chi connectivity index (χ2n) is 2.48. The zero-order valence-corrected chi connectivity index (χ0v) is 6.47. The van der Waals surface area contributed by atoms with E-state index in [0.717, 1.165) is 5.56 Å². The van der Waals surface area contributed by atoms with Gasteiger partial charge in [0.2, 0.25) is 0 Å². The second-order valence-corrected chi connectivity index (χ2v) is 2.48. The lowest BCUT2D eigenvalue weighted by Gasteiger charge is -1.99. The summed E-state index contributed by atoms with van der Waals surface area (Å²) < 4.78 is 12.9. The van der Waals surface area contributed by atoms with Gasteiger partial charge in [0.15, 0.2) is 0 Å². The first-order valence-electron chi connectivity index (χ1n) is 3.41. The lowest BCUT2D eigenvalue weighted by atomic mass is 10.1. The quantitative estimate of drug-likeness (QED) is 0.575. The highest BCUT2D eigenvalue weighted by Crippen LogP contribution is 2.10. The third-order valence-corrected chi connectivity index (χ3v) is 1.49. The fourth-order valence-electron chi connectivity index (χ4n) is 0.901. The molecule has 0 saturated heterocycles. The Bertz CT molecular complexity index is 268. The number of aryl methyl sites for hydroxylation is 1. The van der Waals surface area contributed by atoms with Crippen molar-refractivity contribution >= 4 is 6.72 Å². The normalized spacial score (nSPS) is 9.64. The molecule has 0 spiro atoms. The van der Waals surface area contributed by atoms with Crippen molar-refractivity contribution in [3.63, 3.8) is 0 Å². The molecule has 0 aromatic heterocycles. The minimum absolute atomic E-state index is 0.197. The van der Waals surface area contributed by atoms with E-state index in [2.05, 4.69) is 11.7 Å². The summed E-state index contributed by atoms with van der Waals surface area (Å²) in [6, 6.07) is 5.10. The van der Waals surface area contributed by atoms with Crippen LogP contribution < -0.4 is 0 Å². The highest BCUT2D eigenvalue weighted by Gasteiger charge is 1.98. The molecule has 0 fully saturated rings. The molecular formula is C9H10FN. The monoisotopic (exact) mass is 151 g/mol. The maximum absolute atomic E-state index is 12.9. The van der Waals surface area contributed by atoms with Gasteiger partial charge in [-0.15, -0.1) is 0 Å². The Hall–Kier alpha value is -1.18. The molecule has 0 N–H and O–H groups in total. The van der Waals surface area contributed by atoms with Crippen molar-refractivity contribution in [1.82, 2.24) is 0 Å². The maximum Gasteiger partial charge on any atom is 0.128 e. The maximum atomic E-state index is 12.9. The molecule has 58 valence electrons. The molecule has 2 heteroatoms. The average molecular weight is 151 g/mol. The Balaban J connectivity index is 2.98. The van der Waals surface area contributed by atoms with Gasteiger partial charge in [0, 0.05) is 5.56 Å². The highest BCUT2D eigenvalue weighted by atomic mass is 19.1. The highest BCUT2D eigenvalue weighted by molar-refractivity contribution is 5.27. The molecule has 1 aromatic rings. The Morgan fingerprint density at radius 3 is 2.82 bits per heavy atom. The summed E-state index contributed by atoms with van der Waals surface area (Å²) in [7, 11) is 0. The first-order chi connectivity index (χ1) is 5.24. The largest absolute Gasteiger partial charge is 0.296 e. The molecule has 0 radical (unpaired) electrons. The lowest BCUT2D eigenvalue weighted by molar-refractivity contribution is 0.610. The van der Waals surface area contributed by atoms with Gasteiger partial charge < -0.3 is 0 Å². The number of benzene rings is 1. The molecule has 1 nitrogen and oxygen atoms in total. The van der Waals surface area contributed by atoms with Crippen LogP contribution in [-0.2, 0) is 6.54 Å². The number of halogens is 1. The topological polar surface area (TPSA) is 12.4 Å². The van der Waals surface area contributed by atoms with E-state index < -0.39 is 0 Å². The molecule has 0 saturated carbocycles. The average Bonchev–Trinajstić information content (AvgIpc) is 1.95. The van der Waals surface area contributed by atoms with Gasteiger partial charge in [-0.05, 0) is 25.3 Å². The first-order valence-corrected chi connectivity index (χ1v) is 3.41. The van der Waals surface area contributed by atoms with Crippen LogP contribution in [0.5, 0.6) is 0 Å². The van der Waals surface area contributed by atoms with Crippen molar-refractivity contribution in [1.29, 1.82) is 0 Å². The van der Waals surface area contributed by atoms with Gasteiger partial charge in [-0.3, -0.25) is 4.99 Å². The van der Waals surface area contributed by atoms with Crippen molar-refractivity contribution in [2.75, 3.05) is 0 Å². The van der Waals surface area contributed by atoms with Gasteiger partial charge in [0.25, 0.3) is 0 Å². The van der Waals surface area contributed by atoms with E-state index in [-0.39, 0.29) is 5.82 Å². The molecule has 1 aromatic carbocycles. The smallest absolute Gasteiger partial charge is 0.128 e. The molecule has 0 bridgehead atoms. The number of hydrogen-bond acceptors (Lipinski definition) is 1. The molecule has 0 aliphatic carbocycles. The Morgan fingerprint density at radius 2 is 2.27 bits per heavy atom. The summed E-state index contributed by atoms with van der Waals surface area (Å²) in [4.78, 5) is 3.61. The van der Waals surface area contributed by atoms with E-state index in [4.69, 9.17) is 0 Å². The molecule has 0 unspecified atom stereocenters. The molecule has 0 heterocycles. The predicted octanol–water partition coefficient (Wildman–Crippen LogP) is 2.33. The van der Waals surface area contributed by atoms with Crippen LogP contribution >= 0.6 is 0 Å². The Morgan fingerprint density at radius 1 is 1.55 bits per heavy atom. The van der Waals surface area contributed by atoms with Crippen LogP contribution in [0.4, 0.5) is 4.39 Å². The minimum Gasteiger partial charge on any atom is -0.296 e. The van der Waals surface area contributed by atoms with Crippen LogP contribution in [-0.4, -0.2) is 6.72 Å². The van der Waals surface area contributed by atoms with Gasteiger partial charge >= 0.3 is 0 Å². The molecular weight excluding hydrogens is 141 g/mol. The Kier molecular flexibility index (Phi) is 2.36. The minimum atomic E-state index is -0.197. The molecule has 0 amide bonds. The Labute approximate surface area is 65.6 Å². The van der Waals surface area contributed by atoms with E-state index in [9.17, 15) is 4.39 Å². The third kappa shape index (κ3) is 1.87. The summed E-state index contributed by atoms with van der Waals surface area (Å²) in [5, 5.41) is 0. The summed E-state index contributed by atoms with van der Waals surface area (Å²) in [6.45, 7) is 5.51. The van der Waals surface area contributed by atoms with Crippen molar-refractivity contribution in [3.8, 4) is 0 Å². The van der Waals surface area contributed by atoms with Gasteiger partial charge in [-0.25, -0.2) is 4.39 Å². The number of rotatable bonds is 2. The number of aliphatic imine (C=N–C) groups is 1. The lowest BCUT2D eigenvalue weighted by Crippen LogP contribution is -1.88. The second kappa shape index (κ2) is 3.28. The molecule has 0 aliphatic rings. The standard InChI is InChI=1S/C9H10FN/c1-7-3-4-8(6-11-2)9(10)5-7/h3-5H,2,6H2,1H3. The van der Waals surface area contributed by atoms with Crippen LogP contribution in [0.1, 0.15) is 11.1 Å². The fraction of sp³-hybridized carbons (Fsp3) is 0.222. The van der Waals surface area contributed by atoms with Gasteiger partial charge in [-0.2, -0.15) is 0 Å². The zero-order chi connectivity index (χ0) is 8.27. The predicted molar refractivity (Wildman–Crippen MR) is 44.4 cm³/mol. The zero-order valence-electron chi connectivity index (χ0n) is 6.47. The van der Waals surface area contributed by atoms with Gasteiger partial charge in [-0.1, -0.05) is 12.1 Å². The fourth-order valence-corrected chi connectivity index (χ4v) is 0.901. The van der Waals surface area contributed by atoms with Crippen LogP contribution in [0.15, 0.2) is 23.2 Å². The molecule has 0 atom stereocenters. The molecule has 0 aliphatic heterocycles. The van der Waals surface area contributed by atoms with Gasteiger partial charge in [0.05, 0.1) is 6.54 Å². The molecule has 11 heavy (non-hydrogen) atoms. The summed E-state index contributed by atoms with van der Waals surface area (Å²) in [6.07, 6.45) is 0.